The number of halogens is 2. The van der Waals surface area contributed by atoms with Crippen molar-refractivity contribution in [1.82, 2.24) is 0 Å². The number of esters is 2. The van der Waals surface area contributed by atoms with Gasteiger partial charge in [-0.1, -0.05) is 53.5 Å². The van der Waals surface area contributed by atoms with Crippen LogP contribution in [0.25, 0.3) is 0 Å². The van der Waals surface area contributed by atoms with Crippen molar-refractivity contribution >= 4 is 35.1 Å². The number of hydrogen-bond acceptors (Lipinski definition) is 5. The van der Waals surface area contributed by atoms with Crippen LogP contribution in [0, 0.1) is 0 Å². The van der Waals surface area contributed by atoms with Crippen LogP contribution >= 0.6 is 23.2 Å². The van der Waals surface area contributed by atoms with Crippen LogP contribution in [0.4, 0.5) is 0 Å². The summed E-state index contributed by atoms with van der Waals surface area (Å²) in [5.41, 5.74) is 1.28. The zero-order valence-corrected chi connectivity index (χ0v) is 18.1. The lowest BCUT2D eigenvalue weighted by molar-refractivity contribution is -0.134. The van der Waals surface area contributed by atoms with Crippen LogP contribution in [-0.2, 0) is 16.1 Å². The van der Waals surface area contributed by atoms with E-state index >= 15 is 0 Å². The van der Waals surface area contributed by atoms with Crippen LogP contribution in [0.5, 0.6) is 11.5 Å². The molecule has 0 bridgehead atoms. The Morgan fingerprint density at radius 1 is 0.871 bits per heavy atom. The fourth-order valence-electron chi connectivity index (χ4n) is 2.64. The molecule has 0 aliphatic heterocycles. The fourth-order valence-corrected chi connectivity index (χ4v) is 3.10. The van der Waals surface area contributed by atoms with Crippen molar-refractivity contribution in [3.63, 3.8) is 0 Å². The van der Waals surface area contributed by atoms with Crippen LogP contribution in [0.15, 0.2) is 72.8 Å². The summed E-state index contributed by atoms with van der Waals surface area (Å²) in [6.07, 6.45) is 0.633. The zero-order chi connectivity index (χ0) is 22.1. The van der Waals surface area contributed by atoms with E-state index in [1.807, 2.05) is 30.3 Å². The topological polar surface area (TPSA) is 61.8 Å². The Morgan fingerprint density at radius 3 is 2.32 bits per heavy atom. The molecular formula is C24H20Cl2O5. The first-order valence-corrected chi connectivity index (χ1v) is 10.4. The highest BCUT2D eigenvalue weighted by atomic mass is 35.5. The van der Waals surface area contributed by atoms with Gasteiger partial charge in [0.15, 0.2) is 0 Å². The number of hydrogen-bond donors (Lipinski definition) is 0. The second-order valence-electron chi connectivity index (χ2n) is 6.59. The summed E-state index contributed by atoms with van der Waals surface area (Å²) in [7, 11) is 0. The normalized spacial score (nSPS) is 10.4. The van der Waals surface area contributed by atoms with E-state index in [0.29, 0.717) is 40.1 Å². The van der Waals surface area contributed by atoms with Gasteiger partial charge in [0.2, 0.25) is 0 Å². The van der Waals surface area contributed by atoms with E-state index in [-0.39, 0.29) is 13.0 Å². The van der Waals surface area contributed by atoms with Gasteiger partial charge in [-0.15, -0.1) is 0 Å². The van der Waals surface area contributed by atoms with E-state index in [9.17, 15) is 9.59 Å². The van der Waals surface area contributed by atoms with Gasteiger partial charge in [-0.2, -0.15) is 0 Å². The summed E-state index contributed by atoms with van der Waals surface area (Å²) < 4.78 is 16.1. The first kappa shape index (κ1) is 22.7. The predicted molar refractivity (Wildman–Crippen MR) is 119 cm³/mol. The van der Waals surface area contributed by atoms with Gasteiger partial charge in [-0.3, -0.25) is 4.79 Å². The third kappa shape index (κ3) is 7.31. The largest absolute Gasteiger partial charge is 0.492 e. The van der Waals surface area contributed by atoms with Crippen molar-refractivity contribution in [2.24, 2.45) is 0 Å². The highest BCUT2D eigenvalue weighted by Crippen LogP contribution is 2.27. The molecule has 3 rings (SSSR count). The van der Waals surface area contributed by atoms with Gasteiger partial charge in [0.1, 0.15) is 18.1 Å². The second-order valence-corrected chi connectivity index (χ2v) is 7.43. The van der Waals surface area contributed by atoms with Crippen LogP contribution in [0.2, 0.25) is 10.0 Å². The lowest BCUT2D eigenvalue weighted by Crippen LogP contribution is -2.10. The molecule has 0 unspecified atom stereocenters. The van der Waals surface area contributed by atoms with Crippen molar-refractivity contribution in [3.8, 4) is 11.5 Å². The molecule has 0 atom stereocenters. The highest BCUT2D eigenvalue weighted by Gasteiger charge is 2.10. The molecule has 0 spiro atoms. The molecule has 3 aromatic carbocycles. The molecule has 0 saturated heterocycles. The van der Waals surface area contributed by atoms with E-state index in [2.05, 4.69) is 0 Å². The van der Waals surface area contributed by atoms with Crippen LogP contribution in [0.3, 0.4) is 0 Å². The van der Waals surface area contributed by atoms with E-state index in [1.165, 1.54) is 0 Å². The minimum Gasteiger partial charge on any atom is -0.492 e. The molecule has 0 radical (unpaired) electrons. The molecule has 0 N–H and O–H groups in total. The maximum absolute atomic E-state index is 12.1. The summed E-state index contributed by atoms with van der Waals surface area (Å²) in [4.78, 5) is 24.1. The quantitative estimate of drug-likeness (QED) is 0.219. The van der Waals surface area contributed by atoms with E-state index in [0.717, 1.165) is 5.56 Å². The Hall–Kier alpha value is -3.02. The molecule has 0 saturated carbocycles. The Labute approximate surface area is 190 Å². The molecule has 0 fully saturated rings. The minimum absolute atomic E-state index is 0.173. The summed E-state index contributed by atoms with van der Waals surface area (Å²) in [6.45, 7) is 0.502. The third-order valence-electron chi connectivity index (χ3n) is 4.21. The fraction of sp³-hybridized carbons (Fsp3) is 0.167. The first-order valence-electron chi connectivity index (χ1n) is 9.61. The van der Waals surface area contributed by atoms with Gasteiger partial charge in [0, 0.05) is 11.4 Å². The smallest absolute Gasteiger partial charge is 0.338 e. The molecule has 0 aromatic heterocycles. The summed E-state index contributed by atoms with van der Waals surface area (Å²) in [6, 6.07) is 20.6. The average molecular weight is 459 g/mol. The van der Waals surface area contributed by atoms with Crippen LogP contribution < -0.4 is 9.47 Å². The maximum atomic E-state index is 12.1. The van der Waals surface area contributed by atoms with E-state index in [1.54, 1.807) is 42.5 Å². The first-order chi connectivity index (χ1) is 15.0. The van der Waals surface area contributed by atoms with Gasteiger partial charge in [0.25, 0.3) is 0 Å². The Balaban J connectivity index is 1.39. The summed E-state index contributed by atoms with van der Waals surface area (Å²) in [5, 5.41) is 0.939. The molecule has 0 amide bonds. The molecule has 0 aliphatic carbocycles. The van der Waals surface area contributed by atoms with Crippen molar-refractivity contribution in [3.05, 3.63) is 94.0 Å². The maximum Gasteiger partial charge on any atom is 0.338 e. The standard InChI is InChI=1S/C24H20Cl2O5/c25-19-10-13-22(21(26)15-19)29-14-4-7-23(27)31-20-11-8-18(9-12-20)24(28)30-16-17-5-2-1-3-6-17/h1-3,5-6,8-13,15H,4,7,14,16H2. The van der Waals surface area contributed by atoms with Crippen LogP contribution in [0.1, 0.15) is 28.8 Å². The van der Waals surface area contributed by atoms with Gasteiger partial charge in [-0.05, 0) is 54.4 Å². The van der Waals surface area contributed by atoms with Gasteiger partial charge in [0.05, 0.1) is 17.2 Å². The van der Waals surface area contributed by atoms with Crippen molar-refractivity contribution < 1.29 is 23.8 Å². The van der Waals surface area contributed by atoms with Gasteiger partial charge < -0.3 is 14.2 Å². The number of carbonyl (C=O) groups excluding carboxylic acids is 2. The average Bonchev–Trinajstić information content (AvgIpc) is 2.77. The molecule has 5 nitrogen and oxygen atoms in total. The Morgan fingerprint density at radius 2 is 1.61 bits per heavy atom. The highest BCUT2D eigenvalue weighted by molar-refractivity contribution is 6.35. The Kier molecular flexibility index (Phi) is 8.33. The predicted octanol–water partition coefficient (Wildman–Crippen LogP) is 6.12. The van der Waals surface area contributed by atoms with E-state index < -0.39 is 11.9 Å². The SMILES string of the molecule is O=C(CCCOc1ccc(Cl)cc1Cl)Oc1ccc(C(=O)OCc2ccccc2)cc1. The number of ether oxygens (including phenoxy) is 3. The van der Waals surface area contributed by atoms with E-state index in [4.69, 9.17) is 37.4 Å². The molecule has 0 aliphatic rings. The number of carbonyl (C=O) groups is 2. The zero-order valence-electron chi connectivity index (χ0n) is 16.6. The molecule has 7 heteroatoms. The molecule has 3 aromatic rings. The Bertz CT molecular complexity index is 1020. The van der Waals surface area contributed by atoms with Gasteiger partial charge >= 0.3 is 11.9 Å². The second kappa shape index (κ2) is 11.4. The van der Waals surface area contributed by atoms with Crippen molar-refractivity contribution in [2.45, 2.75) is 19.4 Å². The van der Waals surface area contributed by atoms with Gasteiger partial charge in [-0.25, -0.2) is 4.79 Å². The number of benzene rings is 3. The lowest BCUT2D eigenvalue weighted by atomic mass is 10.2. The third-order valence-corrected chi connectivity index (χ3v) is 4.74. The molecule has 0 heterocycles. The van der Waals surface area contributed by atoms with Crippen molar-refractivity contribution in [1.29, 1.82) is 0 Å². The van der Waals surface area contributed by atoms with Crippen molar-refractivity contribution in [2.75, 3.05) is 6.61 Å². The monoisotopic (exact) mass is 458 g/mol. The molecule has 31 heavy (non-hydrogen) atoms. The number of rotatable bonds is 9. The summed E-state index contributed by atoms with van der Waals surface area (Å²) >= 11 is 11.9. The summed E-state index contributed by atoms with van der Waals surface area (Å²) in [5.74, 6) is 0.0189. The lowest BCUT2D eigenvalue weighted by Gasteiger charge is -2.09. The van der Waals surface area contributed by atoms with Crippen LogP contribution in [-0.4, -0.2) is 18.5 Å². The minimum atomic E-state index is -0.445. The molecular weight excluding hydrogens is 439 g/mol. The molecule has 160 valence electrons.